The first kappa shape index (κ1) is 12.4. The number of nitriles is 1. The van der Waals surface area contributed by atoms with Crippen molar-refractivity contribution in [2.75, 3.05) is 0 Å². The molecule has 0 spiro atoms. The van der Waals surface area contributed by atoms with Crippen molar-refractivity contribution >= 4 is 5.91 Å². The molecule has 2 fully saturated rings. The zero-order valence-electron chi connectivity index (χ0n) is 10.4. The van der Waals surface area contributed by atoms with Crippen LogP contribution in [-0.2, 0) is 4.79 Å². The van der Waals surface area contributed by atoms with Crippen LogP contribution in [0.1, 0.15) is 45.4 Å². The minimum absolute atomic E-state index is 0.0694. The van der Waals surface area contributed by atoms with Crippen molar-refractivity contribution in [3.05, 3.63) is 0 Å². The lowest BCUT2D eigenvalue weighted by Gasteiger charge is -2.30. The van der Waals surface area contributed by atoms with Crippen molar-refractivity contribution in [3.63, 3.8) is 0 Å². The lowest BCUT2D eigenvalue weighted by atomic mass is 9.85. The minimum Gasteiger partial charge on any atom is -0.352 e. The average Bonchev–Trinajstić information content (AvgIpc) is 3.13. The molecule has 94 valence electrons. The van der Waals surface area contributed by atoms with Gasteiger partial charge in [0.2, 0.25) is 5.91 Å². The number of carbonyl (C=O) groups is 1. The molecule has 1 amide bonds. The average molecular weight is 235 g/mol. The van der Waals surface area contributed by atoms with Crippen molar-refractivity contribution in [2.45, 2.75) is 63.6 Å². The van der Waals surface area contributed by atoms with E-state index >= 15 is 0 Å². The standard InChI is InChI=1S/C13H21N3O/c1-9(13(17)16-11-6-7-11)15-12-5-3-2-4-10(12)8-14/h9-12,15H,2-7H2,1H3,(H,16,17). The summed E-state index contributed by atoms with van der Waals surface area (Å²) in [7, 11) is 0. The van der Waals surface area contributed by atoms with Gasteiger partial charge in [0.25, 0.3) is 0 Å². The fraction of sp³-hybridized carbons (Fsp3) is 0.846. The van der Waals surface area contributed by atoms with Crippen LogP contribution >= 0.6 is 0 Å². The van der Waals surface area contributed by atoms with E-state index in [9.17, 15) is 4.79 Å². The Morgan fingerprint density at radius 1 is 1.29 bits per heavy atom. The van der Waals surface area contributed by atoms with Crippen molar-refractivity contribution in [1.29, 1.82) is 5.26 Å². The normalized spacial score (nSPS) is 30.4. The molecule has 4 nitrogen and oxygen atoms in total. The van der Waals surface area contributed by atoms with Crippen LogP contribution in [0.3, 0.4) is 0 Å². The largest absolute Gasteiger partial charge is 0.352 e. The monoisotopic (exact) mass is 235 g/mol. The van der Waals surface area contributed by atoms with E-state index < -0.39 is 0 Å². The topological polar surface area (TPSA) is 64.9 Å². The summed E-state index contributed by atoms with van der Waals surface area (Å²) in [5.74, 6) is 0.148. The van der Waals surface area contributed by atoms with Crippen LogP contribution < -0.4 is 10.6 Å². The second-order valence-corrected chi connectivity index (χ2v) is 5.30. The summed E-state index contributed by atoms with van der Waals surface area (Å²) >= 11 is 0. The summed E-state index contributed by atoms with van der Waals surface area (Å²) in [6.07, 6.45) is 6.50. The van der Waals surface area contributed by atoms with Gasteiger partial charge in [0.1, 0.15) is 0 Å². The third kappa shape index (κ3) is 3.44. The van der Waals surface area contributed by atoms with Gasteiger partial charge in [0.05, 0.1) is 18.0 Å². The summed E-state index contributed by atoms with van der Waals surface area (Å²) in [4.78, 5) is 11.8. The van der Waals surface area contributed by atoms with Crippen LogP contribution in [-0.4, -0.2) is 24.0 Å². The number of hydrogen-bond donors (Lipinski definition) is 2. The summed E-state index contributed by atoms with van der Waals surface area (Å²) in [6.45, 7) is 1.89. The lowest BCUT2D eigenvalue weighted by molar-refractivity contribution is -0.123. The minimum atomic E-state index is -0.186. The Balaban J connectivity index is 1.81. The Morgan fingerprint density at radius 2 is 2.00 bits per heavy atom. The van der Waals surface area contributed by atoms with E-state index in [2.05, 4.69) is 16.7 Å². The molecular weight excluding hydrogens is 214 g/mol. The van der Waals surface area contributed by atoms with Gasteiger partial charge in [-0.05, 0) is 32.6 Å². The molecule has 2 aliphatic rings. The van der Waals surface area contributed by atoms with E-state index in [4.69, 9.17) is 5.26 Å². The third-order valence-electron chi connectivity index (χ3n) is 3.71. The molecule has 2 saturated carbocycles. The Hall–Kier alpha value is -1.08. The van der Waals surface area contributed by atoms with E-state index in [-0.39, 0.29) is 23.9 Å². The van der Waals surface area contributed by atoms with Gasteiger partial charge in [-0.15, -0.1) is 0 Å². The molecule has 0 aliphatic heterocycles. The maximum atomic E-state index is 11.8. The molecular formula is C13H21N3O. The van der Waals surface area contributed by atoms with Gasteiger partial charge in [0.15, 0.2) is 0 Å². The van der Waals surface area contributed by atoms with Gasteiger partial charge in [-0.2, -0.15) is 5.26 Å². The Morgan fingerprint density at radius 3 is 2.65 bits per heavy atom. The van der Waals surface area contributed by atoms with E-state index in [0.717, 1.165) is 38.5 Å². The van der Waals surface area contributed by atoms with Crippen LogP contribution in [0.15, 0.2) is 0 Å². The number of nitrogens with one attached hydrogen (secondary N) is 2. The lowest BCUT2D eigenvalue weighted by Crippen LogP contribution is -2.50. The SMILES string of the molecule is CC(NC1CCCCC1C#N)C(=O)NC1CC1. The van der Waals surface area contributed by atoms with Crippen molar-refractivity contribution < 1.29 is 4.79 Å². The molecule has 0 bridgehead atoms. The van der Waals surface area contributed by atoms with Crippen LogP contribution in [0.4, 0.5) is 0 Å². The first-order chi connectivity index (χ1) is 8.20. The smallest absolute Gasteiger partial charge is 0.237 e. The predicted octanol–water partition coefficient (Wildman–Crippen LogP) is 1.33. The summed E-state index contributed by atoms with van der Waals surface area (Å²) in [5, 5.41) is 15.4. The summed E-state index contributed by atoms with van der Waals surface area (Å²) in [6, 6.07) is 2.77. The summed E-state index contributed by atoms with van der Waals surface area (Å²) in [5.41, 5.74) is 0. The first-order valence-electron chi connectivity index (χ1n) is 6.66. The van der Waals surface area contributed by atoms with E-state index in [0.29, 0.717) is 6.04 Å². The zero-order valence-corrected chi connectivity index (χ0v) is 10.4. The third-order valence-corrected chi connectivity index (χ3v) is 3.71. The van der Waals surface area contributed by atoms with Crippen LogP contribution in [0.2, 0.25) is 0 Å². The highest BCUT2D eigenvalue weighted by molar-refractivity contribution is 5.81. The molecule has 3 unspecified atom stereocenters. The maximum Gasteiger partial charge on any atom is 0.237 e. The Bertz CT molecular complexity index is 319. The van der Waals surface area contributed by atoms with Gasteiger partial charge in [-0.3, -0.25) is 4.79 Å². The zero-order chi connectivity index (χ0) is 12.3. The van der Waals surface area contributed by atoms with E-state index in [1.54, 1.807) is 0 Å². The van der Waals surface area contributed by atoms with E-state index in [1.165, 1.54) is 0 Å². The fourth-order valence-electron chi connectivity index (χ4n) is 2.44. The van der Waals surface area contributed by atoms with Crippen molar-refractivity contribution in [3.8, 4) is 6.07 Å². The molecule has 0 heterocycles. The molecule has 0 aromatic heterocycles. The van der Waals surface area contributed by atoms with Crippen LogP contribution in [0.25, 0.3) is 0 Å². The predicted molar refractivity (Wildman–Crippen MR) is 65.1 cm³/mol. The van der Waals surface area contributed by atoms with Crippen LogP contribution in [0, 0.1) is 17.2 Å². The Kier molecular flexibility index (Phi) is 4.01. The maximum absolute atomic E-state index is 11.8. The molecule has 3 atom stereocenters. The highest BCUT2D eigenvalue weighted by Crippen LogP contribution is 2.24. The highest BCUT2D eigenvalue weighted by Gasteiger charge is 2.30. The van der Waals surface area contributed by atoms with Gasteiger partial charge >= 0.3 is 0 Å². The molecule has 0 saturated heterocycles. The molecule has 2 aliphatic carbocycles. The van der Waals surface area contributed by atoms with E-state index in [1.807, 2.05) is 6.92 Å². The van der Waals surface area contributed by atoms with Gasteiger partial charge in [-0.25, -0.2) is 0 Å². The second-order valence-electron chi connectivity index (χ2n) is 5.30. The quantitative estimate of drug-likeness (QED) is 0.772. The van der Waals surface area contributed by atoms with Gasteiger partial charge in [-0.1, -0.05) is 12.8 Å². The number of nitrogens with zero attached hydrogens (tertiary/aromatic N) is 1. The first-order valence-corrected chi connectivity index (χ1v) is 6.66. The number of amides is 1. The van der Waals surface area contributed by atoms with Crippen molar-refractivity contribution in [2.24, 2.45) is 5.92 Å². The molecule has 2 rings (SSSR count). The fourth-order valence-corrected chi connectivity index (χ4v) is 2.44. The second kappa shape index (κ2) is 5.50. The highest BCUT2D eigenvalue weighted by atomic mass is 16.2. The molecule has 2 N–H and O–H groups in total. The number of rotatable bonds is 4. The van der Waals surface area contributed by atoms with Gasteiger partial charge in [0, 0.05) is 12.1 Å². The molecule has 17 heavy (non-hydrogen) atoms. The molecule has 0 aromatic carbocycles. The Labute approximate surface area is 103 Å². The van der Waals surface area contributed by atoms with Crippen molar-refractivity contribution in [1.82, 2.24) is 10.6 Å². The number of carbonyl (C=O) groups excluding carboxylic acids is 1. The molecule has 0 aromatic rings. The summed E-state index contributed by atoms with van der Waals surface area (Å²) < 4.78 is 0. The molecule has 0 radical (unpaired) electrons. The molecule has 4 heteroatoms. The van der Waals surface area contributed by atoms with Gasteiger partial charge < -0.3 is 10.6 Å². The number of hydrogen-bond acceptors (Lipinski definition) is 3. The van der Waals surface area contributed by atoms with Crippen LogP contribution in [0.5, 0.6) is 0 Å².